The van der Waals surface area contributed by atoms with Gasteiger partial charge in [0.05, 0.1) is 17.3 Å². The van der Waals surface area contributed by atoms with E-state index in [-0.39, 0.29) is 0 Å². The molecule has 0 saturated carbocycles. The molecular weight excluding hydrogens is 328 g/mol. The van der Waals surface area contributed by atoms with Crippen LogP contribution in [0.3, 0.4) is 0 Å². The zero-order chi connectivity index (χ0) is 18.1. The summed E-state index contributed by atoms with van der Waals surface area (Å²) in [5.74, 6) is 0.139. The van der Waals surface area contributed by atoms with E-state index in [4.69, 9.17) is 5.73 Å². The molecule has 0 aliphatic heterocycles. The van der Waals surface area contributed by atoms with Crippen LogP contribution in [0.4, 0.5) is 11.5 Å². The van der Waals surface area contributed by atoms with Gasteiger partial charge in [-0.3, -0.25) is 4.79 Å². The molecule has 7 heteroatoms. The molecule has 0 aliphatic carbocycles. The standard InChI is InChI=1S/C19H16N6O/c1-12-7-8-13(17(20)26)9-16(12)24-18-15-10-23-25(19(15)22-11-21-18)14-5-3-2-4-6-14/h2-11H,1H3,(H2,20,26)(H,21,22,24). The van der Waals surface area contributed by atoms with Crippen molar-refractivity contribution in [3.05, 3.63) is 72.2 Å². The number of primary amides is 1. The molecule has 0 aliphatic rings. The van der Waals surface area contributed by atoms with Crippen molar-refractivity contribution in [2.45, 2.75) is 6.92 Å². The number of amides is 1. The number of nitrogens with zero attached hydrogens (tertiary/aromatic N) is 4. The van der Waals surface area contributed by atoms with Crippen molar-refractivity contribution in [3.63, 3.8) is 0 Å². The molecule has 0 saturated heterocycles. The number of benzene rings is 2. The molecule has 3 N–H and O–H groups in total. The Labute approximate surface area is 149 Å². The predicted molar refractivity (Wildman–Crippen MR) is 99.6 cm³/mol. The summed E-state index contributed by atoms with van der Waals surface area (Å²) in [5.41, 5.74) is 9.15. The minimum atomic E-state index is -0.474. The summed E-state index contributed by atoms with van der Waals surface area (Å²) in [4.78, 5) is 20.1. The quantitative estimate of drug-likeness (QED) is 0.593. The maximum atomic E-state index is 11.4. The van der Waals surface area contributed by atoms with Crippen molar-refractivity contribution in [1.29, 1.82) is 0 Å². The van der Waals surface area contributed by atoms with Crippen LogP contribution in [0, 0.1) is 6.92 Å². The Balaban J connectivity index is 1.78. The summed E-state index contributed by atoms with van der Waals surface area (Å²) >= 11 is 0. The van der Waals surface area contributed by atoms with Crippen LogP contribution in [0.5, 0.6) is 0 Å². The third-order valence-corrected chi connectivity index (χ3v) is 4.14. The number of anilines is 2. The van der Waals surface area contributed by atoms with E-state index in [1.807, 2.05) is 43.3 Å². The first-order valence-corrected chi connectivity index (χ1v) is 8.05. The lowest BCUT2D eigenvalue weighted by Gasteiger charge is -2.10. The minimum Gasteiger partial charge on any atom is -0.366 e. The molecule has 1 amide bonds. The van der Waals surface area contributed by atoms with E-state index in [0.717, 1.165) is 22.3 Å². The molecule has 7 nitrogen and oxygen atoms in total. The smallest absolute Gasteiger partial charge is 0.248 e. The number of carbonyl (C=O) groups excluding carboxylic acids is 1. The van der Waals surface area contributed by atoms with Crippen LogP contribution in [0.15, 0.2) is 61.1 Å². The van der Waals surface area contributed by atoms with Gasteiger partial charge in [0.15, 0.2) is 5.65 Å². The van der Waals surface area contributed by atoms with Gasteiger partial charge in [-0.05, 0) is 36.8 Å². The van der Waals surface area contributed by atoms with Gasteiger partial charge < -0.3 is 11.1 Å². The van der Waals surface area contributed by atoms with Crippen LogP contribution in [0.1, 0.15) is 15.9 Å². The largest absolute Gasteiger partial charge is 0.366 e. The van der Waals surface area contributed by atoms with Crippen LogP contribution < -0.4 is 11.1 Å². The third kappa shape index (κ3) is 2.75. The second-order valence-corrected chi connectivity index (χ2v) is 5.87. The number of nitrogens with two attached hydrogens (primary N) is 1. The molecule has 2 heterocycles. The van der Waals surface area contributed by atoms with Gasteiger partial charge in [-0.25, -0.2) is 14.6 Å². The highest BCUT2D eigenvalue weighted by Crippen LogP contribution is 2.26. The summed E-state index contributed by atoms with van der Waals surface area (Å²) in [7, 11) is 0. The van der Waals surface area contributed by atoms with Crippen molar-refractivity contribution in [3.8, 4) is 5.69 Å². The SMILES string of the molecule is Cc1ccc(C(N)=O)cc1Nc1ncnc2c1cnn2-c1ccccc1. The maximum Gasteiger partial charge on any atom is 0.248 e. The molecule has 0 unspecified atom stereocenters. The molecular formula is C19H16N6O. The van der Waals surface area contributed by atoms with Crippen molar-refractivity contribution < 1.29 is 4.79 Å². The highest BCUT2D eigenvalue weighted by Gasteiger charge is 2.12. The number of hydrogen-bond donors (Lipinski definition) is 2. The summed E-state index contributed by atoms with van der Waals surface area (Å²) in [6.45, 7) is 1.94. The lowest BCUT2D eigenvalue weighted by Crippen LogP contribution is -2.11. The lowest BCUT2D eigenvalue weighted by atomic mass is 10.1. The van der Waals surface area contributed by atoms with Crippen LogP contribution in [0.2, 0.25) is 0 Å². The Morgan fingerprint density at radius 2 is 1.92 bits per heavy atom. The normalized spacial score (nSPS) is 10.8. The number of hydrogen-bond acceptors (Lipinski definition) is 5. The molecule has 0 radical (unpaired) electrons. The van der Waals surface area contributed by atoms with E-state index in [1.165, 1.54) is 6.33 Å². The molecule has 0 spiro atoms. The Hall–Kier alpha value is -3.74. The van der Waals surface area contributed by atoms with Gasteiger partial charge in [-0.1, -0.05) is 24.3 Å². The van der Waals surface area contributed by atoms with E-state index in [0.29, 0.717) is 17.0 Å². The first-order chi connectivity index (χ1) is 12.6. The second-order valence-electron chi connectivity index (χ2n) is 5.87. The maximum absolute atomic E-state index is 11.4. The van der Waals surface area contributed by atoms with Crippen LogP contribution in [-0.2, 0) is 0 Å². The molecule has 0 fully saturated rings. The fourth-order valence-electron chi connectivity index (χ4n) is 2.74. The summed E-state index contributed by atoms with van der Waals surface area (Å²) in [6, 6.07) is 15.0. The molecule has 0 bridgehead atoms. The highest BCUT2D eigenvalue weighted by atomic mass is 16.1. The van der Waals surface area contributed by atoms with E-state index in [1.54, 1.807) is 23.0 Å². The molecule has 2 aromatic heterocycles. The van der Waals surface area contributed by atoms with E-state index < -0.39 is 5.91 Å². The molecule has 128 valence electrons. The molecule has 0 atom stereocenters. The zero-order valence-electron chi connectivity index (χ0n) is 14.0. The monoisotopic (exact) mass is 344 g/mol. The summed E-state index contributed by atoms with van der Waals surface area (Å²) in [5, 5.41) is 8.48. The van der Waals surface area contributed by atoms with Crippen molar-refractivity contribution in [2.75, 3.05) is 5.32 Å². The Kier molecular flexibility index (Phi) is 3.81. The Bertz CT molecular complexity index is 1100. The van der Waals surface area contributed by atoms with Crippen molar-refractivity contribution in [1.82, 2.24) is 19.7 Å². The first-order valence-electron chi connectivity index (χ1n) is 8.05. The van der Waals surface area contributed by atoms with Crippen molar-refractivity contribution >= 4 is 28.4 Å². The van der Waals surface area contributed by atoms with Gasteiger partial charge in [0.1, 0.15) is 12.1 Å². The molecule has 4 rings (SSSR count). The van der Waals surface area contributed by atoms with Crippen molar-refractivity contribution in [2.24, 2.45) is 5.73 Å². The fourth-order valence-corrected chi connectivity index (χ4v) is 2.74. The van der Waals surface area contributed by atoms with Gasteiger partial charge in [0, 0.05) is 11.3 Å². The Morgan fingerprint density at radius 1 is 1.12 bits per heavy atom. The second kappa shape index (κ2) is 6.29. The number of carbonyl (C=O) groups is 1. The number of aryl methyl sites for hydroxylation is 1. The van der Waals surface area contributed by atoms with E-state index >= 15 is 0 Å². The third-order valence-electron chi connectivity index (χ3n) is 4.14. The number of fused-ring (bicyclic) bond motifs is 1. The predicted octanol–water partition coefficient (Wildman–Crippen LogP) is 2.97. The van der Waals surface area contributed by atoms with Crippen LogP contribution >= 0.6 is 0 Å². The first kappa shape index (κ1) is 15.8. The fraction of sp³-hybridized carbons (Fsp3) is 0.0526. The topological polar surface area (TPSA) is 98.7 Å². The van der Waals surface area contributed by atoms with Gasteiger partial charge in [0.25, 0.3) is 0 Å². The van der Waals surface area contributed by atoms with E-state index in [9.17, 15) is 4.79 Å². The van der Waals surface area contributed by atoms with Gasteiger partial charge in [0.2, 0.25) is 5.91 Å². The molecule has 26 heavy (non-hydrogen) atoms. The van der Waals surface area contributed by atoms with Crippen LogP contribution in [-0.4, -0.2) is 25.7 Å². The average Bonchev–Trinajstić information content (AvgIpc) is 3.09. The average molecular weight is 344 g/mol. The van der Waals surface area contributed by atoms with Gasteiger partial charge in [-0.15, -0.1) is 0 Å². The number of rotatable bonds is 4. The number of nitrogens with one attached hydrogen (secondary N) is 1. The number of aromatic nitrogens is 4. The summed E-state index contributed by atoms with van der Waals surface area (Å²) < 4.78 is 1.76. The van der Waals surface area contributed by atoms with Crippen LogP contribution in [0.25, 0.3) is 16.7 Å². The minimum absolute atomic E-state index is 0.434. The Morgan fingerprint density at radius 3 is 2.69 bits per heavy atom. The lowest BCUT2D eigenvalue weighted by molar-refractivity contribution is 0.100. The van der Waals surface area contributed by atoms with Gasteiger partial charge in [-0.2, -0.15) is 5.10 Å². The molecule has 4 aromatic rings. The molecule has 2 aromatic carbocycles. The van der Waals surface area contributed by atoms with E-state index in [2.05, 4.69) is 20.4 Å². The highest BCUT2D eigenvalue weighted by molar-refractivity contribution is 5.95. The number of para-hydroxylation sites is 1. The zero-order valence-corrected chi connectivity index (χ0v) is 14.0. The summed E-state index contributed by atoms with van der Waals surface area (Å²) in [6.07, 6.45) is 3.21. The van der Waals surface area contributed by atoms with Gasteiger partial charge >= 0.3 is 0 Å².